The minimum absolute atomic E-state index is 0.0856. The first-order chi connectivity index (χ1) is 12.8. The van der Waals surface area contributed by atoms with Gasteiger partial charge >= 0.3 is 6.18 Å². The summed E-state index contributed by atoms with van der Waals surface area (Å²) in [5.41, 5.74) is 1.82. The lowest BCUT2D eigenvalue weighted by molar-refractivity contribution is -0.137. The van der Waals surface area contributed by atoms with Crippen LogP contribution in [-0.2, 0) is 17.5 Å². The van der Waals surface area contributed by atoms with Gasteiger partial charge in [-0.05, 0) is 48.9 Å². The molecule has 0 amide bonds. The van der Waals surface area contributed by atoms with Gasteiger partial charge in [-0.1, -0.05) is 17.7 Å². The Kier molecular flexibility index (Phi) is 5.76. The van der Waals surface area contributed by atoms with Crippen molar-refractivity contribution in [2.24, 2.45) is 0 Å². The SMILES string of the molecule is Cc1ccc2nc(Sc3ncc(C(F)(F)F)cc3Cl)n(CCCC=O)c2c1. The lowest BCUT2D eigenvalue weighted by Crippen LogP contribution is -2.06. The van der Waals surface area contributed by atoms with E-state index >= 15 is 0 Å². The summed E-state index contributed by atoms with van der Waals surface area (Å²) in [5, 5.41) is 0.724. The van der Waals surface area contributed by atoms with E-state index in [1.165, 1.54) is 0 Å². The van der Waals surface area contributed by atoms with E-state index in [0.29, 0.717) is 24.5 Å². The summed E-state index contributed by atoms with van der Waals surface area (Å²) < 4.78 is 40.3. The molecule has 0 unspecified atom stereocenters. The van der Waals surface area contributed by atoms with Gasteiger partial charge in [0.05, 0.1) is 21.6 Å². The normalized spacial score (nSPS) is 11.9. The Labute approximate surface area is 162 Å². The second-order valence-electron chi connectivity index (χ2n) is 5.96. The maximum atomic E-state index is 12.8. The molecule has 2 aromatic heterocycles. The first-order valence-electron chi connectivity index (χ1n) is 8.10. The van der Waals surface area contributed by atoms with Crippen LogP contribution in [0.2, 0.25) is 5.02 Å². The Morgan fingerprint density at radius 2 is 2.07 bits per heavy atom. The summed E-state index contributed by atoms with van der Waals surface area (Å²) >= 11 is 7.12. The van der Waals surface area contributed by atoms with E-state index in [2.05, 4.69) is 9.97 Å². The highest BCUT2D eigenvalue weighted by Crippen LogP contribution is 2.37. The quantitative estimate of drug-likeness (QED) is 0.393. The minimum atomic E-state index is -4.50. The van der Waals surface area contributed by atoms with Crippen LogP contribution in [0.5, 0.6) is 0 Å². The van der Waals surface area contributed by atoms with E-state index in [-0.39, 0.29) is 10.0 Å². The highest BCUT2D eigenvalue weighted by atomic mass is 35.5. The molecule has 9 heteroatoms. The summed E-state index contributed by atoms with van der Waals surface area (Å²) in [6.07, 6.45) is -1.85. The number of imidazole rings is 1. The fraction of sp³-hybridized carbons (Fsp3) is 0.278. The predicted molar refractivity (Wildman–Crippen MR) is 98.1 cm³/mol. The van der Waals surface area contributed by atoms with Crippen molar-refractivity contribution in [2.45, 2.75) is 42.7 Å². The molecule has 2 heterocycles. The number of rotatable bonds is 6. The van der Waals surface area contributed by atoms with Crippen molar-refractivity contribution in [3.05, 3.63) is 46.6 Å². The van der Waals surface area contributed by atoms with Crippen molar-refractivity contribution >= 4 is 40.7 Å². The lowest BCUT2D eigenvalue weighted by Gasteiger charge is -2.10. The Bertz CT molecular complexity index is 988. The standard InChI is InChI=1S/C18H15ClF3N3OS/c1-11-4-5-14-15(8-11)25(6-2-3-7-26)17(24-14)27-16-13(19)9-12(10-23-16)18(20,21)22/h4-5,7-10H,2-3,6H2,1H3. The number of unbranched alkanes of at least 4 members (excludes halogenated alkanes) is 1. The van der Waals surface area contributed by atoms with E-state index in [1.54, 1.807) is 0 Å². The van der Waals surface area contributed by atoms with Crippen molar-refractivity contribution < 1.29 is 18.0 Å². The van der Waals surface area contributed by atoms with Crippen LogP contribution in [0.3, 0.4) is 0 Å². The number of hydrogen-bond donors (Lipinski definition) is 0. The number of alkyl halides is 3. The van der Waals surface area contributed by atoms with Gasteiger partial charge in [0.15, 0.2) is 5.16 Å². The van der Waals surface area contributed by atoms with Crippen LogP contribution in [-0.4, -0.2) is 20.8 Å². The van der Waals surface area contributed by atoms with Crippen molar-refractivity contribution in [1.82, 2.24) is 14.5 Å². The number of halogens is 4. The molecule has 1 aromatic carbocycles. The van der Waals surface area contributed by atoms with Gasteiger partial charge in [-0.25, -0.2) is 9.97 Å². The van der Waals surface area contributed by atoms with Gasteiger partial charge in [-0.15, -0.1) is 0 Å². The third kappa shape index (κ3) is 4.44. The van der Waals surface area contributed by atoms with Gasteiger partial charge in [0.2, 0.25) is 0 Å². The molecule has 3 rings (SSSR count). The molecule has 0 atom stereocenters. The number of benzene rings is 1. The summed E-state index contributed by atoms with van der Waals surface area (Å²) in [4.78, 5) is 19.1. The summed E-state index contributed by atoms with van der Waals surface area (Å²) in [7, 11) is 0. The number of aromatic nitrogens is 3. The second kappa shape index (κ2) is 7.90. The van der Waals surface area contributed by atoms with Gasteiger partial charge in [-0.2, -0.15) is 13.2 Å². The molecule has 27 heavy (non-hydrogen) atoms. The highest BCUT2D eigenvalue weighted by molar-refractivity contribution is 7.99. The number of carbonyl (C=O) groups is 1. The summed E-state index contributed by atoms with van der Waals surface area (Å²) in [5.74, 6) is 0. The average molecular weight is 414 g/mol. The Morgan fingerprint density at radius 1 is 1.30 bits per heavy atom. The first kappa shape index (κ1) is 19.7. The van der Waals surface area contributed by atoms with Gasteiger partial charge < -0.3 is 9.36 Å². The van der Waals surface area contributed by atoms with Crippen LogP contribution in [0, 0.1) is 6.92 Å². The molecular formula is C18H15ClF3N3OS. The van der Waals surface area contributed by atoms with E-state index in [4.69, 9.17) is 11.6 Å². The fourth-order valence-electron chi connectivity index (χ4n) is 2.58. The minimum Gasteiger partial charge on any atom is -0.319 e. The van der Waals surface area contributed by atoms with Crippen molar-refractivity contribution in [3.63, 3.8) is 0 Å². The highest BCUT2D eigenvalue weighted by Gasteiger charge is 2.31. The molecule has 0 aliphatic heterocycles. The molecule has 0 N–H and O–H groups in total. The van der Waals surface area contributed by atoms with Gasteiger partial charge in [0.25, 0.3) is 0 Å². The molecule has 3 aromatic rings. The number of pyridine rings is 1. The molecular weight excluding hydrogens is 399 g/mol. The molecule has 0 saturated heterocycles. The average Bonchev–Trinajstić information content (AvgIpc) is 2.93. The molecule has 0 radical (unpaired) electrons. The number of nitrogens with zero attached hydrogens (tertiary/aromatic N) is 3. The first-order valence-corrected chi connectivity index (χ1v) is 9.30. The maximum absolute atomic E-state index is 12.8. The van der Waals surface area contributed by atoms with Gasteiger partial charge in [-0.3, -0.25) is 0 Å². The number of carbonyl (C=O) groups excluding carboxylic acids is 1. The van der Waals surface area contributed by atoms with Gasteiger partial charge in [0, 0.05) is 19.2 Å². The lowest BCUT2D eigenvalue weighted by atomic mass is 10.2. The topological polar surface area (TPSA) is 47.8 Å². The van der Waals surface area contributed by atoms with Crippen LogP contribution < -0.4 is 0 Å². The van der Waals surface area contributed by atoms with E-state index < -0.39 is 11.7 Å². The summed E-state index contributed by atoms with van der Waals surface area (Å²) in [6, 6.07) is 6.66. The zero-order valence-electron chi connectivity index (χ0n) is 14.3. The van der Waals surface area contributed by atoms with Gasteiger partial charge in [0.1, 0.15) is 11.3 Å². The van der Waals surface area contributed by atoms with Crippen LogP contribution in [0.1, 0.15) is 24.0 Å². The smallest absolute Gasteiger partial charge is 0.319 e. The Balaban J connectivity index is 1.98. The molecule has 142 valence electrons. The van der Waals surface area contributed by atoms with E-state index in [9.17, 15) is 18.0 Å². The Hall–Kier alpha value is -2.06. The fourth-order valence-corrected chi connectivity index (χ4v) is 3.74. The maximum Gasteiger partial charge on any atom is 0.417 e. The number of fused-ring (bicyclic) bond motifs is 1. The van der Waals surface area contributed by atoms with Crippen molar-refractivity contribution in [1.29, 1.82) is 0 Å². The third-order valence-electron chi connectivity index (χ3n) is 3.90. The molecule has 0 spiro atoms. The molecule has 0 aliphatic carbocycles. The molecule has 4 nitrogen and oxygen atoms in total. The van der Waals surface area contributed by atoms with E-state index in [0.717, 1.165) is 46.9 Å². The largest absolute Gasteiger partial charge is 0.417 e. The third-order valence-corrected chi connectivity index (χ3v) is 5.31. The monoisotopic (exact) mass is 413 g/mol. The van der Waals surface area contributed by atoms with Crippen LogP contribution in [0.15, 0.2) is 40.6 Å². The molecule has 0 saturated carbocycles. The van der Waals surface area contributed by atoms with Crippen LogP contribution >= 0.6 is 23.4 Å². The van der Waals surface area contributed by atoms with Crippen molar-refractivity contribution in [3.8, 4) is 0 Å². The molecule has 0 bridgehead atoms. The number of aryl methyl sites for hydroxylation is 2. The zero-order valence-corrected chi connectivity index (χ0v) is 15.8. The zero-order chi connectivity index (χ0) is 19.6. The molecule has 0 fully saturated rings. The van der Waals surface area contributed by atoms with E-state index in [1.807, 2.05) is 29.7 Å². The van der Waals surface area contributed by atoms with Crippen molar-refractivity contribution in [2.75, 3.05) is 0 Å². The Morgan fingerprint density at radius 3 is 2.74 bits per heavy atom. The summed E-state index contributed by atoms with van der Waals surface area (Å²) in [6.45, 7) is 2.52. The number of hydrogen-bond acceptors (Lipinski definition) is 4. The van der Waals surface area contributed by atoms with Crippen LogP contribution in [0.4, 0.5) is 13.2 Å². The predicted octanol–water partition coefficient (Wildman–Crippen LogP) is 5.54. The number of aldehydes is 1. The van der Waals surface area contributed by atoms with Crippen LogP contribution in [0.25, 0.3) is 11.0 Å². The second-order valence-corrected chi connectivity index (χ2v) is 7.32. The molecule has 0 aliphatic rings.